The number of carbonyl (C=O) groups excluding carboxylic acids is 1. The molecule has 1 fully saturated rings. The highest BCUT2D eigenvalue weighted by Gasteiger charge is 2.21. The number of nitrogens with one attached hydrogen (secondary N) is 1. The maximum atomic E-state index is 12.0. The van der Waals surface area contributed by atoms with Crippen molar-refractivity contribution < 1.29 is 9.21 Å². The van der Waals surface area contributed by atoms with Crippen LogP contribution in [0.25, 0.3) is 0 Å². The Bertz CT molecular complexity index is 384. The van der Waals surface area contributed by atoms with Gasteiger partial charge in [0.2, 0.25) is 0 Å². The maximum absolute atomic E-state index is 12.0. The van der Waals surface area contributed by atoms with E-state index in [1.165, 1.54) is 12.8 Å². The number of hydrogen-bond donors (Lipinski definition) is 1. The van der Waals surface area contributed by atoms with E-state index in [-0.39, 0.29) is 6.03 Å². The number of rotatable bonds is 6. The van der Waals surface area contributed by atoms with Crippen LogP contribution in [0, 0.1) is 0 Å². The lowest BCUT2D eigenvalue weighted by atomic mass is 10.2. The average Bonchev–Trinajstić information content (AvgIpc) is 2.97. The lowest BCUT2D eigenvalue weighted by Crippen LogP contribution is -2.51. The minimum absolute atomic E-state index is 0.0822. The van der Waals surface area contributed by atoms with Gasteiger partial charge in [-0.2, -0.15) is 0 Å². The van der Waals surface area contributed by atoms with Gasteiger partial charge in [0.15, 0.2) is 0 Å². The van der Waals surface area contributed by atoms with Gasteiger partial charge in [0.25, 0.3) is 0 Å². The molecule has 112 valence electrons. The van der Waals surface area contributed by atoms with Gasteiger partial charge in [0, 0.05) is 32.7 Å². The lowest BCUT2D eigenvalue weighted by molar-refractivity contribution is 0.130. The third-order valence-electron chi connectivity index (χ3n) is 3.68. The number of urea groups is 1. The molecule has 0 saturated carbocycles. The largest absolute Gasteiger partial charge is 0.468 e. The Labute approximate surface area is 120 Å². The summed E-state index contributed by atoms with van der Waals surface area (Å²) < 4.78 is 5.35. The summed E-state index contributed by atoms with van der Waals surface area (Å²) >= 11 is 0. The zero-order valence-corrected chi connectivity index (χ0v) is 12.3. The Kier molecular flexibility index (Phi) is 5.92. The van der Waals surface area contributed by atoms with Crippen LogP contribution >= 0.6 is 0 Å². The molecule has 5 nitrogen and oxygen atoms in total. The Morgan fingerprint density at radius 2 is 2.10 bits per heavy atom. The van der Waals surface area contributed by atoms with Crippen molar-refractivity contribution in [2.45, 2.75) is 32.7 Å². The number of hydrogen-bond acceptors (Lipinski definition) is 3. The van der Waals surface area contributed by atoms with Crippen molar-refractivity contribution in [3.8, 4) is 0 Å². The second kappa shape index (κ2) is 7.94. The molecule has 2 amide bonds. The molecule has 0 aliphatic carbocycles. The van der Waals surface area contributed by atoms with Crippen LogP contribution in [0.5, 0.6) is 0 Å². The molecule has 1 aromatic rings. The fourth-order valence-electron chi connectivity index (χ4n) is 2.41. The highest BCUT2D eigenvalue weighted by atomic mass is 16.3. The summed E-state index contributed by atoms with van der Waals surface area (Å²) in [6.07, 6.45) is 5.13. The molecule has 0 radical (unpaired) electrons. The van der Waals surface area contributed by atoms with Gasteiger partial charge in [-0.25, -0.2) is 4.79 Å². The predicted octanol–water partition coefficient (Wildman–Crippen LogP) is 2.30. The molecule has 20 heavy (non-hydrogen) atoms. The van der Waals surface area contributed by atoms with Crippen LogP contribution < -0.4 is 5.32 Å². The molecule has 1 aliphatic rings. The molecule has 1 aliphatic heterocycles. The smallest absolute Gasteiger partial charge is 0.317 e. The van der Waals surface area contributed by atoms with Crippen molar-refractivity contribution in [3.05, 3.63) is 24.2 Å². The van der Waals surface area contributed by atoms with Crippen molar-refractivity contribution in [2.75, 3.05) is 32.7 Å². The number of furan rings is 1. The van der Waals surface area contributed by atoms with Crippen LogP contribution in [0.2, 0.25) is 0 Å². The van der Waals surface area contributed by atoms with E-state index >= 15 is 0 Å². The molecule has 0 bridgehead atoms. The van der Waals surface area contributed by atoms with Crippen LogP contribution in [0.4, 0.5) is 4.79 Å². The highest BCUT2D eigenvalue weighted by Crippen LogP contribution is 2.09. The van der Waals surface area contributed by atoms with E-state index < -0.39 is 0 Å². The Balaban J connectivity index is 1.64. The van der Waals surface area contributed by atoms with Gasteiger partial charge in [-0.05, 0) is 18.6 Å². The quantitative estimate of drug-likeness (QED) is 0.813. The zero-order chi connectivity index (χ0) is 14.2. The molecule has 5 heteroatoms. The van der Waals surface area contributed by atoms with Crippen molar-refractivity contribution in [3.63, 3.8) is 0 Å². The molecule has 0 atom stereocenters. The second-order valence-electron chi connectivity index (χ2n) is 5.28. The number of nitrogens with zero attached hydrogens (tertiary/aromatic N) is 2. The number of carbonyl (C=O) groups is 1. The van der Waals surface area contributed by atoms with Crippen LogP contribution in [-0.4, -0.2) is 48.6 Å². The fourth-order valence-corrected chi connectivity index (χ4v) is 2.41. The van der Waals surface area contributed by atoms with Crippen molar-refractivity contribution in [1.29, 1.82) is 0 Å². The molecular formula is C15H25N3O2. The molecule has 2 rings (SSSR count). The van der Waals surface area contributed by atoms with E-state index in [1.54, 1.807) is 6.26 Å². The molecular weight excluding hydrogens is 254 g/mol. The maximum Gasteiger partial charge on any atom is 0.317 e. The monoisotopic (exact) mass is 279 g/mol. The number of piperazine rings is 1. The second-order valence-corrected chi connectivity index (χ2v) is 5.28. The van der Waals surface area contributed by atoms with Gasteiger partial charge in [0.05, 0.1) is 12.8 Å². The van der Waals surface area contributed by atoms with Crippen LogP contribution in [0.3, 0.4) is 0 Å². The van der Waals surface area contributed by atoms with E-state index in [4.69, 9.17) is 4.42 Å². The van der Waals surface area contributed by atoms with E-state index in [2.05, 4.69) is 17.1 Å². The summed E-state index contributed by atoms with van der Waals surface area (Å²) in [4.78, 5) is 16.2. The molecule has 1 saturated heterocycles. The van der Waals surface area contributed by atoms with Gasteiger partial charge >= 0.3 is 6.03 Å². The summed E-state index contributed by atoms with van der Waals surface area (Å²) in [6, 6.07) is 3.99. The standard InChI is InChI=1S/C15H25N3O2/c1-2-3-4-7-16-15(19)18-10-8-17(9-11-18)13-14-6-5-12-20-14/h5-6,12H,2-4,7-11,13H2,1H3,(H,16,19). The summed E-state index contributed by atoms with van der Waals surface area (Å²) in [7, 11) is 0. The first-order valence-electron chi connectivity index (χ1n) is 7.57. The number of amides is 2. The van der Waals surface area contributed by atoms with Crippen molar-refractivity contribution in [1.82, 2.24) is 15.1 Å². The average molecular weight is 279 g/mol. The molecule has 2 heterocycles. The fraction of sp³-hybridized carbons (Fsp3) is 0.667. The van der Waals surface area contributed by atoms with E-state index in [9.17, 15) is 4.79 Å². The molecule has 0 aromatic carbocycles. The van der Waals surface area contributed by atoms with Crippen LogP contribution in [0.1, 0.15) is 31.9 Å². The van der Waals surface area contributed by atoms with E-state index in [0.717, 1.165) is 51.4 Å². The summed E-state index contributed by atoms with van der Waals surface area (Å²) in [5, 5.41) is 3.00. The Morgan fingerprint density at radius 3 is 2.75 bits per heavy atom. The highest BCUT2D eigenvalue weighted by molar-refractivity contribution is 5.74. The van der Waals surface area contributed by atoms with Crippen LogP contribution in [0.15, 0.2) is 22.8 Å². The van der Waals surface area contributed by atoms with Crippen molar-refractivity contribution >= 4 is 6.03 Å². The summed E-state index contributed by atoms with van der Waals surface area (Å²) in [5.74, 6) is 0.988. The van der Waals surface area contributed by atoms with Crippen LogP contribution in [-0.2, 0) is 6.54 Å². The first-order chi connectivity index (χ1) is 9.79. The van der Waals surface area contributed by atoms with Gasteiger partial charge in [0.1, 0.15) is 5.76 Å². The summed E-state index contributed by atoms with van der Waals surface area (Å²) in [6.45, 7) is 7.19. The Morgan fingerprint density at radius 1 is 1.30 bits per heavy atom. The van der Waals surface area contributed by atoms with Gasteiger partial charge in [-0.1, -0.05) is 19.8 Å². The lowest BCUT2D eigenvalue weighted by Gasteiger charge is -2.34. The molecule has 0 unspecified atom stereocenters. The van der Waals surface area contributed by atoms with Gasteiger partial charge in [-0.3, -0.25) is 4.90 Å². The molecule has 0 spiro atoms. The first-order valence-corrected chi connectivity index (χ1v) is 7.57. The minimum Gasteiger partial charge on any atom is -0.468 e. The zero-order valence-electron chi connectivity index (χ0n) is 12.3. The Hall–Kier alpha value is -1.49. The predicted molar refractivity (Wildman–Crippen MR) is 78.5 cm³/mol. The topological polar surface area (TPSA) is 48.7 Å². The SMILES string of the molecule is CCCCCNC(=O)N1CCN(Cc2ccco2)CC1. The number of unbranched alkanes of at least 4 members (excludes halogenated alkanes) is 2. The van der Waals surface area contributed by atoms with Crippen molar-refractivity contribution in [2.24, 2.45) is 0 Å². The first kappa shape index (κ1) is 14.9. The third-order valence-corrected chi connectivity index (χ3v) is 3.68. The van der Waals surface area contributed by atoms with Gasteiger partial charge < -0.3 is 14.6 Å². The minimum atomic E-state index is 0.0822. The molecule has 1 aromatic heterocycles. The van der Waals surface area contributed by atoms with Gasteiger partial charge in [-0.15, -0.1) is 0 Å². The molecule has 1 N–H and O–H groups in total. The normalized spacial score (nSPS) is 16.4. The van der Waals surface area contributed by atoms with E-state index in [0.29, 0.717) is 0 Å². The third kappa shape index (κ3) is 4.56. The van der Waals surface area contributed by atoms with E-state index in [1.807, 2.05) is 17.0 Å². The summed E-state index contributed by atoms with van der Waals surface area (Å²) in [5.41, 5.74) is 0.